The Balaban J connectivity index is 1.71. The third-order valence-corrected chi connectivity index (χ3v) is 7.20. The summed E-state index contributed by atoms with van der Waals surface area (Å²) in [5.74, 6) is 0.517. The van der Waals surface area contributed by atoms with Gasteiger partial charge < -0.3 is 19.7 Å². The number of hydrogen-bond acceptors (Lipinski definition) is 6. The summed E-state index contributed by atoms with van der Waals surface area (Å²) in [7, 11) is -2.07. The van der Waals surface area contributed by atoms with Gasteiger partial charge in [0.2, 0.25) is 28.6 Å². The van der Waals surface area contributed by atoms with Gasteiger partial charge in [0.15, 0.2) is 11.5 Å². The number of halogens is 1. The molecule has 0 saturated heterocycles. The normalized spacial score (nSPS) is 13.3. The van der Waals surface area contributed by atoms with Crippen molar-refractivity contribution >= 4 is 43.5 Å². The van der Waals surface area contributed by atoms with Gasteiger partial charge >= 0.3 is 0 Å². The predicted molar refractivity (Wildman–Crippen MR) is 132 cm³/mol. The van der Waals surface area contributed by atoms with E-state index in [0.717, 1.165) is 16.3 Å². The van der Waals surface area contributed by atoms with Crippen LogP contribution in [0.5, 0.6) is 11.5 Å². The molecule has 1 aliphatic heterocycles. The van der Waals surface area contributed by atoms with Gasteiger partial charge in [-0.05, 0) is 43.2 Å². The van der Waals surface area contributed by atoms with Crippen LogP contribution < -0.4 is 19.1 Å². The van der Waals surface area contributed by atoms with Gasteiger partial charge in [-0.25, -0.2) is 8.42 Å². The fourth-order valence-corrected chi connectivity index (χ4v) is 4.84. The van der Waals surface area contributed by atoms with Gasteiger partial charge in [0, 0.05) is 37.1 Å². The Morgan fingerprint density at radius 1 is 1.12 bits per heavy atom. The third kappa shape index (κ3) is 6.41. The maximum atomic E-state index is 13.1. The SMILES string of the molecule is CNC(=O)[C@@H](C)N(Cc1ccc(Br)cc1)C(=O)CCCN(c1ccc2c(c1)OCO2)S(C)(=O)=O. The van der Waals surface area contributed by atoms with E-state index in [2.05, 4.69) is 21.2 Å². The first kappa shape index (κ1) is 25.8. The number of amides is 2. The van der Waals surface area contributed by atoms with Crippen LogP contribution in [0.4, 0.5) is 5.69 Å². The molecule has 34 heavy (non-hydrogen) atoms. The van der Waals surface area contributed by atoms with E-state index in [9.17, 15) is 18.0 Å². The fourth-order valence-electron chi connectivity index (χ4n) is 3.62. The van der Waals surface area contributed by atoms with E-state index in [1.807, 2.05) is 24.3 Å². The number of benzene rings is 2. The molecule has 2 aromatic rings. The zero-order valence-electron chi connectivity index (χ0n) is 19.3. The van der Waals surface area contributed by atoms with Gasteiger partial charge in [0.25, 0.3) is 0 Å². The number of likely N-dealkylation sites (N-methyl/N-ethyl adjacent to an activating group) is 1. The standard InChI is InChI=1S/C23H28BrN3O6S/c1-16(23(29)25-2)26(14-17-6-8-18(24)9-7-17)22(28)5-4-12-27(34(3,30)31)19-10-11-20-21(13-19)33-15-32-20/h6-11,13,16H,4-5,12,14-15H2,1-3H3,(H,25,29)/t16-/m1/s1. The van der Waals surface area contributed by atoms with Gasteiger partial charge in [-0.1, -0.05) is 28.1 Å². The first-order valence-corrected chi connectivity index (χ1v) is 13.4. The van der Waals surface area contributed by atoms with Crippen LogP contribution >= 0.6 is 15.9 Å². The summed E-state index contributed by atoms with van der Waals surface area (Å²) in [5.41, 5.74) is 1.31. The number of carbonyl (C=O) groups is 2. The van der Waals surface area contributed by atoms with Crippen molar-refractivity contribution in [1.29, 1.82) is 0 Å². The molecule has 11 heteroatoms. The molecule has 1 aliphatic rings. The topological polar surface area (TPSA) is 105 Å². The van der Waals surface area contributed by atoms with Crippen molar-refractivity contribution in [2.75, 3.05) is 30.9 Å². The second kappa shape index (κ2) is 11.1. The Bertz CT molecular complexity index is 1140. The highest BCUT2D eigenvalue weighted by Gasteiger charge is 2.26. The summed E-state index contributed by atoms with van der Waals surface area (Å²) in [6.07, 6.45) is 1.47. The second-order valence-electron chi connectivity index (χ2n) is 7.91. The minimum absolute atomic E-state index is 0.0778. The molecule has 2 amide bonds. The molecule has 0 aliphatic carbocycles. The average molecular weight is 554 g/mol. The Kier molecular flexibility index (Phi) is 8.42. The number of rotatable bonds is 10. The molecule has 0 saturated carbocycles. The molecular weight excluding hydrogens is 526 g/mol. The second-order valence-corrected chi connectivity index (χ2v) is 10.7. The maximum absolute atomic E-state index is 13.1. The molecule has 0 spiro atoms. The number of ether oxygens (including phenoxy) is 2. The molecular formula is C23H28BrN3O6S. The van der Waals surface area contributed by atoms with Crippen LogP contribution in [0.1, 0.15) is 25.3 Å². The highest BCUT2D eigenvalue weighted by molar-refractivity contribution is 9.10. The molecule has 184 valence electrons. The number of sulfonamides is 1. The van der Waals surface area contributed by atoms with Gasteiger partial charge in [-0.15, -0.1) is 0 Å². The van der Waals surface area contributed by atoms with Crippen molar-refractivity contribution in [2.45, 2.75) is 32.4 Å². The average Bonchev–Trinajstić information content (AvgIpc) is 3.27. The lowest BCUT2D eigenvalue weighted by molar-refractivity contribution is -0.140. The molecule has 0 radical (unpaired) electrons. The number of nitrogens with one attached hydrogen (secondary N) is 1. The van der Waals surface area contributed by atoms with Crippen LogP contribution in [-0.2, 0) is 26.2 Å². The number of nitrogens with zero attached hydrogens (tertiary/aromatic N) is 2. The molecule has 9 nitrogen and oxygen atoms in total. The summed E-state index contributed by atoms with van der Waals surface area (Å²) >= 11 is 3.39. The largest absolute Gasteiger partial charge is 0.454 e. The van der Waals surface area contributed by atoms with Crippen LogP contribution in [-0.4, -0.2) is 57.8 Å². The lowest BCUT2D eigenvalue weighted by Crippen LogP contribution is -2.46. The molecule has 1 heterocycles. The summed E-state index contributed by atoms with van der Waals surface area (Å²) in [4.78, 5) is 26.9. The van der Waals surface area contributed by atoms with Crippen LogP contribution in [0, 0.1) is 0 Å². The van der Waals surface area contributed by atoms with E-state index in [4.69, 9.17) is 9.47 Å². The Hall–Kier alpha value is -2.79. The van der Waals surface area contributed by atoms with E-state index in [1.54, 1.807) is 25.1 Å². The molecule has 0 aromatic heterocycles. The zero-order chi connectivity index (χ0) is 24.9. The maximum Gasteiger partial charge on any atom is 0.242 e. The number of carbonyl (C=O) groups excluding carboxylic acids is 2. The summed E-state index contributed by atoms with van der Waals surface area (Å²) in [6, 6.07) is 11.7. The number of hydrogen-bond donors (Lipinski definition) is 1. The van der Waals surface area contributed by atoms with Gasteiger partial charge in [-0.3, -0.25) is 13.9 Å². The van der Waals surface area contributed by atoms with Crippen molar-refractivity contribution in [2.24, 2.45) is 0 Å². The first-order chi connectivity index (χ1) is 16.1. The van der Waals surface area contributed by atoms with E-state index < -0.39 is 16.1 Å². The summed E-state index contributed by atoms with van der Waals surface area (Å²) in [6.45, 7) is 2.12. The van der Waals surface area contributed by atoms with Crippen LogP contribution in [0.25, 0.3) is 0 Å². The van der Waals surface area contributed by atoms with E-state index in [-0.39, 0.29) is 44.5 Å². The van der Waals surface area contributed by atoms with E-state index in [0.29, 0.717) is 17.2 Å². The zero-order valence-corrected chi connectivity index (χ0v) is 21.7. The molecule has 1 atom stereocenters. The molecule has 0 unspecified atom stereocenters. The van der Waals surface area contributed by atoms with Gasteiger partial charge in [0.1, 0.15) is 6.04 Å². The van der Waals surface area contributed by atoms with Crippen molar-refractivity contribution in [3.8, 4) is 11.5 Å². The first-order valence-electron chi connectivity index (χ1n) is 10.7. The Morgan fingerprint density at radius 2 is 1.79 bits per heavy atom. The Morgan fingerprint density at radius 3 is 2.44 bits per heavy atom. The van der Waals surface area contributed by atoms with Crippen molar-refractivity contribution in [3.05, 3.63) is 52.5 Å². The number of fused-ring (bicyclic) bond motifs is 1. The van der Waals surface area contributed by atoms with Gasteiger partial charge in [0.05, 0.1) is 11.9 Å². The van der Waals surface area contributed by atoms with Crippen molar-refractivity contribution in [3.63, 3.8) is 0 Å². The minimum Gasteiger partial charge on any atom is -0.454 e. The van der Waals surface area contributed by atoms with Gasteiger partial charge in [-0.2, -0.15) is 0 Å². The molecule has 2 aromatic carbocycles. The third-order valence-electron chi connectivity index (χ3n) is 5.48. The number of anilines is 1. The molecule has 3 rings (SSSR count). The highest BCUT2D eigenvalue weighted by atomic mass is 79.9. The van der Waals surface area contributed by atoms with Crippen LogP contribution in [0.15, 0.2) is 46.9 Å². The van der Waals surface area contributed by atoms with E-state index >= 15 is 0 Å². The molecule has 0 fully saturated rings. The lowest BCUT2D eigenvalue weighted by Gasteiger charge is -2.29. The summed E-state index contributed by atoms with van der Waals surface area (Å²) in [5, 5.41) is 2.58. The minimum atomic E-state index is -3.60. The van der Waals surface area contributed by atoms with Crippen molar-refractivity contribution < 1.29 is 27.5 Å². The Labute approximate surface area is 208 Å². The highest BCUT2D eigenvalue weighted by Crippen LogP contribution is 2.36. The van der Waals surface area contributed by atoms with E-state index in [1.165, 1.54) is 16.3 Å². The summed E-state index contributed by atoms with van der Waals surface area (Å²) < 4.78 is 37.7. The smallest absolute Gasteiger partial charge is 0.242 e. The molecule has 0 bridgehead atoms. The van der Waals surface area contributed by atoms with Crippen LogP contribution in [0.2, 0.25) is 0 Å². The molecule has 1 N–H and O–H groups in total. The quantitative estimate of drug-likeness (QED) is 0.485. The van der Waals surface area contributed by atoms with Crippen LogP contribution in [0.3, 0.4) is 0 Å². The fraction of sp³-hybridized carbons (Fsp3) is 0.391. The lowest BCUT2D eigenvalue weighted by atomic mass is 10.1. The predicted octanol–water partition coefficient (Wildman–Crippen LogP) is 2.89. The monoisotopic (exact) mass is 553 g/mol. The van der Waals surface area contributed by atoms with Crippen molar-refractivity contribution in [1.82, 2.24) is 10.2 Å².